The molecule has 2 heterocycles. The van der Waals surface area contributed by atoms with Crippen LogP contribution >= 0.6 is 0 Å². The number of carbonyl (C=O) groups excluding carboxylic acids is 2. The number of hydrogen-bond acceptors (Lipinski definition) is 8. The zero-order chi connectivity index (χ0) is 26.5. The van der Waals surface area contributed by atoms with Gasteiger partial charge in [-0.05, 0) is 53.9 Å². The number of methoxy groups -OCH3 is 1. The zero-order valence-corrected chi connectivity index (χ0v) is 19.9. The molecule has 37 heavy (non-hydrogen) atoms. The maximum absolute atomic E-state index is 13.3. The Labute approximate surface area is 211 Å². The lowest BCUT2D eigenvalue weighted by Crippen LogP contribution is -2.30. The van der Waals surface area contributed by atoms with E-state index in [1.807, 2.05) is 0 Å². The predicted octanol–water partition coefficient (Wildman–Crippen LogP) is 2.48. The third kappa shape index (κ3) is 5.53. The van der Waals surface area contributed by atoms with Crippen molar-refractivity contribution in [1.82, 2.24) is 14.7 Å². The average molecular weight is 504 g/mol. The Bertz CT molecular complexity index is 1510. The van der Waals surface area contributed by atoms with Gasteiger partial charge in [0, 0.05) is 25.1 Å². The number of phenolic OH excluding ortho intramolecular Hbond substituents is 2. The Morgan fingerprint density at radius 3 is 2.49 bits per heavy atom. The largest absolute Gasteiger partial charge is 0.504 e. The van der Waals surface area contributed by atoms with Crippen molar-refractivity contribution in [1.29, 1.82) is 0 Å². The molecule has 190 valence electrons. The molecule has 10 nitrogen and oxygen atoms in total. The summed E-state index contributed by atoms with van der Waals surface area (Å²) in [4.78, 5) is 42.3. The predicted molar refractivity (Wildman–Crippen MR) is 134 cm³/mol. The first kappa shape index (κ1) is 25.2. The number of ether oxygens (including phenoxy) is 1. The number of aromatic hydroxyl groups is 3. The molecule has 4 aromatic rings. The van der Waals surface area contributed by atoms with E-state index in [9.17, 15) is 29.7 Å². The molecule has 2 aromatic carbocycles. The van der Waals surface area contributed by atoms with Crippen molar-refractivity contribution >= 4 is 17.5 Å². The monoisotopic (exact) mass is 503 g/mol. The average Bonchev–Trinajstić information content (AvgIpc) is 2.89. The van der Waals surface area contributed by atoms with Crippen LogP contribution in [0.1, 0.15) is 39.4 Å². The zero-order valence-electron chi connectivity index (χ0n) is 19.9. The van der Waals surface area contributed by atoms with E-state index in [0.29, 0.717) is 23.1 Å². The van der Waals surface area contributed by atoms with Crippen LogP contribution in [-0.4, -0.2) is 50.2 Å². The summed E-state index contributed by atoms with van der Waals surface area (Å²) >= 11 is 0. The Kier molecular flexibility index (Phi) is 7.38. The van der Waals surface area contributed by atoms with Crippen molar-refractivity contribution in [2.24, 2.45) is 0 Å². The van der Waals surface area contributed by atoms with Gasteiger partial charge in [0.2, 0.25) is 11.8 Å². The third-order valence-corrected chi connectivity index (χ3v) is 6.00. The number of nitrogens with zero attached hydrogens (tertiary/aromatic N) is 2. The number of aromatic nitrogens is 2. The number of rotatable bonds is 8. The number of pyridine rings is 1. The normalized spacial score (nSPS) is 11.7. The number of carbonyl (C=O) groups is 2. The highest BCUT2D eigenvalue weighted by atomic mass is 16.5. The summed E-state index contributed by atoms with van der Waals surface area (Å²) in [5.41, 5.74) is 1.22. The summed E-state index contributed by atoms with van der Waals surface area (Å²) in [6.07, 6.45) is 1.74. The number of esters is 1. The summed E-state index contributed by atoms with van der Waals surface area (Å²) in [5.74, 6) is -2.74. The van der Waals surface area contributed by atoms with Gasteiger partial charge in [0.1, 0.15) is 5.65 Å². The molecule has 1 unspecified atom stereocenters. The second-order valence-electron chi connectivity index (χ2n) is 8.38. The number of benzene rings is 2. The highest BCUT2D eigenvalue weighted by molar-refractivity contribution is 5.89. The Balaban J connectivity index is 1.62. The molecular weight excluding hydrogens is 478 g/mol. The summed E-state index contributed by atoms with van der Waals surface area (Å²) in [6, 6.07) is 15.6. The lowest BCUT2D eigenvalue weighted by atomic mass is 9.88. The second-order valence-corrected chi connectivity index (χ2v) is 8.38. The van der Waals surface area contributed by atoms with Gasteiger partial charge in [0.25, 0.3) is 5.56 Å². The Hall–Kier alpha value is -4.86. The van der Waals surface area contributed by atoms with E-state index in [1.54, 1.807) is 36.4 Å². The van der Waals surface area contributed by atoms with Crippen molar-refractivity contribution in [3.05, 3.63) is 99.5 Å². The highest BCUT2D eigenvalue weighted by Crippen LogP contribution is 2.31. The molecule has 4 N–H and O–H groups in total. The summed E-state index contributed by atoms with van der Waals surface area (Å²) in [6.45, 7) is 0.234. The number of nitrogens with one attached hydrogen (secondary N) is 1. The van der Waals surface area contributed by atoms with E-state index in [4.69, 9.17) is 4.74 Å². The van der Waals surface area contributed by atoms with Gasteiger partial charge >= 0.3 is 5.97 Å². The van der Waals surface area contributed by atoms with Crippen LogP contribution in [0.4, 0.5) is 0 Å². The molecule has 4 rings (SSSR count). The maximum atomic E-state index is 13.3. The van der Waals surface area contributed by atoms with Crippen molar-refractivity contribution in [3.63, 3.8) is 0 Å². The maximum Gasteiger partial charge on any atom is 0.337 e. The van der Waals surface area contributed by atoms with Crippen LogP contribution in [0.5, 0.6) is 17.4 Å². The van der Waals surface area contributed by atoms with Gasteiger partial charge in [-0.25, -0.2) is 4.79 Å². The van der Waals surface area contributed by atoms with Crippen LogP contribution in [0.3, 0.4) is 0 Å². The van der Waals surface area contributed by atoms with Gasteiger partial charge in [0.15, 0.2) is 11.5 Å². The summed E-state index contributed by atoms with van der Waals surface area (Å²) < 4.78 is 6.02. The van der Waals surface area contributed by atoms with Gasteiger partial charge in [-0.2, -0.15) is 4.98 Å². The van der Waals surface area contributed by atoms with Crippen LogP contribution in [0.2, 0.25) is 0 Å². The minimum atomic E-state index is -0.860. The van der Waals surface area contributed by atoms with Crippen molar-refractivity contribution in [2.75, 3.05) is 13.7 Å². The van der Waals surface area contributed by atoms with Crippen LogP contribution in [0.15, 0.2) is 71.7 Å². The second kappa shape index (κ2) is 10.8. The molecule has 0 radical (unpaired) electrons. The SMILES string of the molecule is COC(=O)c1ccc(C(CC(=O)NCCc2ccc(O)c(O)c2)c2c(O)nc3ccccn3c2=O)cc1. The van der Waals surface area contributed by atoms with E-state index in [1.165, 1.54) is 42.0 Å². The molecule has 1 amide bonds. The molecular formula is C27H25N3O7. The topological polar surface area (TPSA) is 150 Å². The van der Waals surface area contributed by atoms with Gasteiger partial charge in [0.05, 0.1) is 18.2 Å². The van der Waals surface area contributed by atoms with Gasteiger partial charge in [-0.15, -0.1) is 0 Å². The van der Waals surface area contributed by atoms with Gasteiger partial charge < -0.3 is 25.4 Å². The Morgan fingerprint density at radius 2 is 1.78 bits per heavy atom. The van der Waals surface area contributed by atoms with Crippen molar-refractivity contribution < 1.29 is 29.6 Å². The molecule has 0 saturated heterocycles. The van der Waals surface area contributed by atoms with Crippen LogP contribution in [-0.2, 0) is 16.0 Å². The van der Waals surface area contributed by atoms with Gasteiger partial charge in [-0.3, -0.25) is 14.0 Å². The lowest BCUT2D eigenvalue weighted by molar-refractivity contribution is -0.121. The van der Waals surface area contributed by atoms with E-state index in [0.717, 1.165) is 0 Å². The van der Waals surface area contributed by atoms with Gasteiger partial charge in [-0.1, -0.05) is 24.3 Å². The van der Waals surface area contributed by atoms with E-state index in [2.05, 4.69) is 10.3 Å². The first-order valence-electron chi connectivity index (χ1n) is 11.4. The molecule has 2 aromatic heterocycles. The number of amides is 1. The molecule has 10 heteroatoms. The fourth-order valence-corrected chi connectivity index (χ4v) is 4.08. The highest BCUT2D eigenvalue weighted by Gasteiger charge is 2.26. The lowest BCUT2D eigenvalue weighted by Gasteiger charge is -2.19. The van der Waals surface area contributed by atoms with E-state index >= 15 is 0 Å². The standard InChI is InChI=1S/C27H25N3O7/c1-37-27(36)18-8-6-17(7-9-18)19(24-25(34)29-22-4-2-3-13-30(22)26(24)35)15-23(33)28-12-11-16-5-10-20(31)21(32)14-16/h2-10,13-14,19,31-32,34H,11-12,15H2,1H3,(H,28,33). The van der Waals surface area contributed by atoms with E-state index in [-0.39, 0.29) is 41.6 Å². The minimum Gasteiger partial charge on any atom is -0.504 e. The summed E-state index contributed by atoms with van der Waals surface area (Å²) in [7, 11) is 1.27. The first-order chi connectivity index (χ1) is 17.8. The molecule has 0 aliphatic carbocycles. The number of hydrogen-bond donors (Lipinski definition) is 4. The molecule has 0 spiro atoms. The van der Waals surface area contributed by atoms with E-state index < -0.39 is 23.3 Å². The fourth-order valence-electron chi connectivity index (χ4n) is 4.08. The number of phenols is 2. The molecule has 0 aliphatic heterocycles. The van der Waals surface area contributed by atoms with Crippen molar-refractivity contribution in [3.8, 4) is 17.4 Å². The smallest absolute Gasteiger partial charge is 0.337 e. The number of fused-ring (bicyclic) bond motifs is 1. The molecule has 0 bridgehead atoms. The minimum absolute atomic E-state index is 0.0480. The van der Waals surface area contributed by atoms with Crippen LogP contribution in [0.25, 0.3) is 5.65 Å². The third-order valence-electron chi connectivity index (χ3n) is 6.00. The fraction of sp³-hybridized carbons (Fsp3) is 0.185. The Morgan fingerprint density at radius 1 is 1.03 bits per heavy atom. The van der Waals surface area contributed by atoms with Crippen LogP contribution < -0.4 is 10.9 Å². The van der Waals surface area contributed by atoms with Crippen LogP contribution in [0, 0.1) is 0 Å². The molecule has 1 atom stereocenters. The first-order valence-corrected chi connectivity index (χ1v) is 11.4. The molecule has 0 aliphatic rings. The summed E-state index contributed by atoms with van der Waals surface area (Å²) in [5, 5.41) is 32.6. The van der Waals surface area contributed by atoms with Crippen molar-refractivity contribution in [2.45, 2.75) is 18.8 Å². The molecule has 0 saturated carbocycles. The molecule has 0 fully saturated rings. The quantitative estimate of drug-likeness (QED) is 0.212.